The molecule has 4 rings (SSSR count). The van der Waals surface area contributed by atoms with Gasteiger partial charge < -0.3 is 8.94 Å². The SMILES string of the molecule is CCc1nc(Cn2c(=O)oc3cc(S(=O)(=O)NCc4ccc(F)cc4)ccc32)no1. The van der Waals surface area contributed by atoms with Crippen LogP contribution in [-0.4, -0.2) is 23.1 Å². The van der Waals surface area contributed by atoms with Gasteiger partial charge >= 0.3 is 5.76 Å². The molecule has 1 N–H and O–H groups in total. The fourth-order valence-electron chi connectivity index (χ4n) is 2.87. The number of benzene rings is 2. The van der Waals surface area contributed by atoms with Gasteiger partial charge in [0.25, 0.3) is 0 Å². The topological polar surface area (TPSA) is 120 Å². The van der Waals surface area contributed by atoms with Crippen molar-refractivity contribution in [1.82, 2.24) is 19.4 Å². The van der Waals surface area contributed by atoms with Crippen LogP contribution in [0.15, 0.2) is 61.1 Å². The Morgan fingerprint density at radius 3 is 2.63 bits per heavy atom. The molecule has 0 saturated carbocycles. The summed E-state index contributed by atoms with van der Waals surface area (Å²) in [7, 11) is -3.88. The van der Waals surface area contributed by atoms with Crippen LogP contribution in [0.1, 0.15) is 24.2 Å². The van der Waals surface area contributed by atoms with Crippen LogP contribution in [0.5, 0.6) is 0 Å². The fraction of sp³-hybridized carbons (Fsp3) is 0.211. The summed E-state index contributed by atoms with van der Waals surface area (Å²) in [5, 5.41) is 3.81. The molecule has 2 heterocycles. The molecular weight excluding hydrogens is 415 g/mol. The predicted octanol–water partition coefficient (Wildman–Crippen LogP) is 2.21. The summed E-state index contributed by atoms with van der Waals surface area (Å²) in [4.78, 5) is 16.3. The molecule has 0 fully saturated rings. The number of aromatic nitrogens is 3. The zero-order chi connectivity index (χ0) is 21.3. The summed E-state index contributed by atoms with van der Waals surface area (Å²) in [5.41, 5.74) is 1.12. The standard InChI is InChI=1S/C19H17FN4O5S/c1-2-18-22-17(23-29-18)11-24-15-8-7-14(9-16(15)28-19(24)25)30(26,27)21-10-12-3-5-13(20)6-4-12/h3-9,21H,2,10-11H2,1H3. The van der Waals surface area contributed by atoms with E-state index in [1.54, 1.807) is 0 Å². The van der Waals surface area contributed by atoms with E-state index in [0.29, 0.717) is 29.2 Å². The Hall–Kier alpha value is -3.31. The summed E-state index contributed by atoms with van der Waals surface area (Å²) >= 11 is 0. The van der Waals surface area contributed by atoms with Gasteiger partial charge in [0.05, 0.1) is 17.0 Å². The zero-order valence-electron chi connectivity index (χ0n) is 15.8. The third kappa shape index (κ3) is 4.02. The van der Waals surface area contributed by atoms with Crippen LogP contribution in [0.2, 0.25) is 0 Å². The molecule has 9 nitrogen and oxygen atoms in total. The zero-order valence-corrected chi connectivity index (χ0v) is 16.6. The Labute approximate surface area is 170 Å². The van der Waals surface area contributed by atoms with E-state index in [0.717, 1.165) is 0 Å². The van der Waals surface area contributed by atoms with Crippen molar-refractivity contribution in [3.8, 4) is 0 Å². The van der Waals surface area contributed by atoms with Gasteiger partial charge in [0.1, 0.15) is 5.82 Å². The number of fused-ring (bicyclic) bond motifs is 1. The second-order valence-corrected chi connectivity index (χ2v) is 8.26. The van der Waals surface area contributed by atoms with E-state index in [2.05, 4.69) is 14.9 Å². The third-order valence-corrected chi connectivity index (χ3v) is 5.84. The summed E-state index contributed by atoms with van der Waals surface area (Å²) in [6, 6.07) is 9.60. The molecule has 11 heteroatoms. The molecule has 0 atom stereocenters. The first kappa shape index (κ1) is 20.0. The summed E-state index contributed by atoms with van der Waals surface area (Å²) < 4.78 is 52.1. The third-order valence-electron chi connectivity index (χ3n) is 4.44. The van der Waals surface area contributed by atoms with Crippen LogP contribution < -0.4 is 10.5 Å². The fourth-order valence-corrected chi connectivity index (χ4v) is 3.90. The van der Waals surface area contributed by atoms with E-state index in [9.17, 15) is 17.6 Å². The molecule has 30 heavy (non-hydrogen) atoms. The van der Waals surface area contributed by atoms with Gasteiger partial charge in [0.2, 0.25) is 15.9 Å². The molecule has 0 amide bonds. The van der Waals surface area contributed by atoms with Crippen LogP contribution in [-0.2, 0) is 29.5 Å². The average Bonchev–Trinajstić information content (AvgIpc) is 3.31. The molecule has 0 spiro atoms. The number of halogens is 1. The molecule has 2 aromatic carbocycles. The van der Waals surface area contributed by atoms with E-state index < -0.39 is 21.6 Å². The first-order chi connectivity index (χ1) is 14.4. The molecule has 0 saturated heterocycles. The van der Waals surface area contributed by atoms with Crippen molar-refractivity contribution in [3.63, 3.8) is 0 Å². The minimum Gasteiger partial charge on any atom is -0.408 e. The Balaban J connectivity index is 1.58. The Kier molecular flexibility index (Phi) is 5.22. The number of nitrogens with one attached hydrogen (secondary N) is 1. The van der Waals surface area contributed by atoms with Crippen LogP contribution >= 0.6 is 0 Å². The second kappa shape index (κ2) is 7.84. The monoisotopic (exact) mass is 432 g/mol. The molecular formula is C19H17FN4O5S. The maximum Gasteiger partial charge on any atom is 0.420 e. The molecule has 2 aromatic heterocycles. The van der Waals surface area contributed by atoms with Gasteiger partial charge in [-0.05, 0) is 29.8 Å². The van der Waals surface area contributed by atoms with Gasteiger partial charge in [-0.2, -0.15) is 4.98 Å². The molecule has 156 valence electrons. The van der Waals surface area contributed by atoms with E-state index in [4.69, 9.17) is 8.94 Å². The maximum atomic E-state index is 13.0. The smallest absolute Gasteiger partial charge is 0.408 e. The number of oxazole rings is 1. The van der Waals surface area contributed by atoms with Crippen LogP contribution in [0.25, 0.3) is 11.1 Å². The van der Waals surface area contributed by atoms with Gasteiger partial charge in [-0.25, -0.2) is 22.3 Å². The van der Waals surface area contributed by atoms with Crippen molar-refractivity contribution in [1.29, 1.82) is 0 Å². The molecule has 0 bridgehead atoms. The number of nitrogens with zero attached hydrogens (tertiary/aromatic N) is 3. The Morgan fingerprint density at radius 2 is 1.93 bits per heavy atom. The van der Waals surface area contributed by atoms with Gasteiger partial charge in [0.15, 0.2) is 11.4 Å². The molecule has 0 unspecified atom stereocenters. The largest absolute Gasteiger partial charge is 0.420 e. The maximum absolute atomic E-state index is 13.0. The summed E-state index contributed by atoms with van der Waals surface area (Å²) in [6.45, 7) is 1.89. The number of aryl methyl sites for hydroxylation is 1. The van der Waals surface area contributed by atoms with Crippen molar-refractivity contribution in [2.45, 2.75) is 31.3 Å². The Morgan fingerprint density at radius 1 is 1.17 bits per heavy atom. The van der Waals surface area contributed by atoms with Gasteiger partial charge in [-0.3, -0.25) is 4.57 Å². The van der Waals surface area contributed by atoms with Crippen molar-refractivity contribution < 1.29 is 21.7 Å². The van der Waals surface area contributed by atoms with Crippen LogP contribution in [0, 0.1) is 5.82 Å². The van der Waals surface area contributed by atoms with Gasteiger partial charge in [-0.1, -0.05) is 24.2 Å². The van der Waals surface area contributed by atoms with E-state index in [1.807, 2.05) is 6.92 Å². The first-order valence-electron chi connectivity index (χ1n) is 9.04. The van der Waals surface area contributed by atoms with Gasteiger partial charge in [-0.15, -0.1) is 0 Å². The van der Waals surface area contributed by atoms with Crippen LogP contribution in [0.3, 0.4) is 0 Å². The normalized spacial score (nSPS) is 11.9. The molecule has 0 aliphatic carbocycles. The minimum atomic E-state index is -3.88. The quantitative estimate of drug-likeness (QED) is 0.475. The minimum absolute atomic E-state index is 0.0107. The molecule has 4 aromatic rings. The van der Waals surface area contributed by atoms with Crippen molar-refractivity contribution in [2.75, 3.05) is 0 Å². The lowest BCUT2D eigenvalue weighted by Crippen LogP contribution is -2.23. The average molecular weight is 432 g/mol. The van der Waals surface area contributed by atoms with Crippen molar-refractivity contribution >= 4 is 21.1 Å². The predicted molar refractivity (Wildman–Crippen MR) is 104 cm³/mol. The summed E-state index contributed by atoms with van der Waals surface area (Å²) in [6.07, 6.45) is 0.570. The molecule has 0 radical (unpaired) electrons. The van der Waals surface area contributed by atoms with E-state index >= 15 is 0 Å². The number of sulfonamides is 1. The second-order valence-electron chi connectivity index (χ2n) is 6.49. The molecule has 0 aliphatic heterocycles. The van der Waals surface area contributed by atoms with Gasteiger partial charge in [0, 0.05) is 19.0 Å². The highest BCUT2D eigenvalue weighted by Crippen LogP contribution is 2.19. The van der Waals surface area contributed by atoms with Crippen molar-refractivity contribution in [2.24, 2.45) is 0 Å². The highest BCUT2D eigenvalue weighted by atomic mass is 32.2. The molecule has 0 aliphatic rings. The number of rotatable bonds is 7. The van der Waals surface area contributed by atoms with Crippen LogP contribution in [0.4, 0.5) is 4.39 Å². The highest BCUT2D eigenvalue weighted by Gasteiger charge is 2.18. The first-order valence-corrected chi connectivity index (χ1v) is 10.5. The van der Waals surface area contributed by atoms with E-state index in [-0.39, 0.29) is 23.6 Å². The lowest BCUT2D eigenvalue weighted by molar-refractivity contribution is 0.375. The van der Waals surface area contributed by atoms with Crippen molar-refractivity contribution in [3.05, 3.63) is 76.1 Å². The highest BCUT2D eigenvalue weighted by molar-refractivity contribution is 7.89. The lowest BCUT2D eigenvalue weighted by Gasteiger charge is -2.07. The number of hydrogen-bond donors (Lipinski definition) is 1. The number of hydrogen-bond acceptors (Lipinski definition) is 7. The summed E-state index contributed by atoms with van der Waals surface area (Å²) in [5.74, 6) is -0.305. The lowest BCUT2D eigenvalue weighted by atomic mass is 10.2. The van der Waals surface area contributed by atoms with E-state index in [1.165, 1.54) is 47.0 Å². The Bertz CT molecular complexity index is 1360.